The van der Waals surface area contributed by atoms with Crippen molar-refractivity contribution in [2.45, 2.75) is 19.6 Å². The van der Waals surface area contributed by atoms with Crippen LogP contribution in [0.15, 0.2) is 60.7 Å². The van der Waals surface area contributed by atoms with Crippen LogP contribution in [-0.4, -0.2) is 17.5 Å². The van der Waals surface area contributed by atoms with Crippen molar-refractivity contribution in [3.05, 3.63) is 66.2 Å². The number of para-hydroxylation sites is 1. The molecule has 0 radical (unpaired) electrons. The second-order valence-electron chi connectivity index (χ2n) is 5.23. The third-order valence-corrected chi connectivity index (χ3v) is 4.19. The minimum absolute atomic E-state index is 0.278. The van der Waals surface area contributed by atoms with E-state index in [0.29, 0.717) is 12.4 Å². The monoisotopic (exact) mass is 335 g/mol. The number of hydroxylamine groups is 1. The first kappa shape index (κ1) is 17.7. The third kappa shape index (κ3) is 5.78. The van der Waals surface area contributed by atoms with E-state index in [9.17, 15) is 4.57 Å². The zero-order valence-corrected chi connectivity index (χ0v) is 13.9. The Balaban J connectivity index is 1.94. The minimum Gasteiger partial charge on any atom is -0.397 e. The summed E-state index contributed by atoms with van der Waals surface area (Å²) in [5.74, 6) is 0.513. The fraction of sp³-hybridized carbons (Fsp3) is 0.250. The van der Waals surface area contributed by atoms with E-state index in [2.05, 4.69) is 0 Å². The van der Waals surface area contributed by atoms with E-state index in [0.717, 1.165) is 10.4 Å². The summed E-state index contributed by atoms with van der Waals surface area (Å²) >= 11 is 0. The van der Waals surface area contributed by atoms with Gasteiger partial charge in [0.05, 0.1) is 19.3 Å². The van der Waals surface area contributed by atoms with Crippen molar-refractivity contribution >= 4 is 7.59 Å². The lowest BCUT2D eigenvalue weighted by Gasteiger charge is -2.30. The van der Waals surface area contributed by atoms with Gasteiger partial charge < -0.3 is 9.57 Å². The Hall–Kier alpha value is -1.69. The van der Waals surface area contributed by atoms with E-state index in [-0.39, 0.29) is 12.6 Å². The van der Waals surface area contributed by atoms with Crippen molar-refractivity contribution in [1.82, 2.24) is 4.83 Å². The molecule has 1 atom stereocenters. The number of hydrogen-bond donors (Lipinski definition) is 2. The van der Waals surface area contributed by atoms with Crippen LogP contribution in [0, 0.1) is 0 Å². The van der Waals surface area contributed by atoms with Gasteiger partial charge in [0.2, 0.25) is 0 Å². The highest BCUT2D eigenvalue weighted by molar-refractivity contribution is 7.56. The van der Waals surface area contributed by atoms with Gasteiger partial charge in [-0.3, -0.25) is 15.6 Å². The van der Waals surface area contributed by atoms with Crippen molar-refractivity contribution in [3.8, 4) is 5.75 Å². The summed E-state index contributed by atoms with van der Waals surface area (Å²) in [7, 11) is -3.58. The van der Waals surface area contributed by atoms with Crippen LogP contribution in [0.4, 0.5) is 0 Å². The van der Waals surface area contributed by atoms with Crippen LogP contribution in [0.2, 0.25) is 0 Å². The molecule has 0 unspecified atom stereocenters. The van der Waals surface area contributed by atoms with Gasteiger partial charge in [0.25, 0.3) is 0 Å². The average molecular weight is 335 g/mol. The maximum Gasteiger partial charge on any atom is 0.308 e. The summed E-state index contributed by atoms with van der Waals surface area (Å²) in [6.07, 6.45) is 0. The van der Waals surface area contributed by atoms with Crippen molar-refractivity contribution < 1.29 is 14.1 Å². The van der Waals surface area contributed by atoms with E-state index < -0.39 is 7.59 Å². The smallest absolute Gasteiger partial charge is 0.308 e. The zero-order valence-electron chi connectivity index (χ0n) is 13.0. The SMILES string of the molecule is C[C@H](COCc1ccccc1)N(Oc1ccccc1)P(N)(N)=O. The van der Waals surface area contributed by atoms with Gasteiger partial charge in [-0.2, -0.15) is 0 Å². The van der Waals surface area contributed by atoms with Gasteiger partial charge in [0.15, 0.2) is 0 Å². The number of rotatable bonds is 8. The van der Waals surface area contributed by atoms with E-state index in [1.807, 2.05) is 48.5 Å². The topological polar surface area (TPSA) is 90.8 Å². The molecule has 4 N–H and O–H groups in total. The lowest BCUT2D eigenvalue weighted by Crippen LogP contribution is -2.41. The molecule has 0 spiro atoms. The molecule has 0 amide bonds. The summed E-state index contributed by atoms with van der Waals surface area (Å²) in [6.45, 7) is 2.52. The number of benzene rings is 2. The number of ether oxygens (including phenoxy) is 1. The fourth-order valence-electron chi connectivity index (χ4n) is 2.04. The summed E-state index contributed by atoms with van der Waals surface area (Å²) in [6, 6.07) is 18.3. The van der Waals surface area contributed by atoms with Crippen LogP contribution >= 0.6 is 7.59 Å². The third-order valence-electron chi connectivity index (χ3n) is 3.10. The van der Waals surface area contributed by atoms with Crippen LogP contribution in [0.5, 0.6) is 5.75 Å². The van der Waals surface area contributed by atoms with Gasteiger partial charge in [0, 0.05) is 0 Å². The molecule has 0 saturated carbocycles. The Morgan fingerprint density at radius 1 is 1.04 bits per heavy atom. The van der Waals surface area contributed by atoms with Crippen molar-refractivity contribution in [1.29, 1.82) is 0 Å². The Bertz CT molecular complexity index is 634. The predicted octanol–water partition coefficient (Wildman–Crippen LogP) is 2.91. The zero-order chi connectivity index (χ0) is 16.7. The summed E-state index contributed by atoms with van der Waals surface area (Å²) in [5.41, 5.74) is 12.2. The van der Waals surface area contributed by atoms with E-state index >= 15 is 0 Å². The molecule has 0 aromatic heterocycles. The first-order valence-electron chi connectivity index (χ1n) is 7.28. The lowest BCUT2D eigenvalue weighted by atomic mass is 10.2. The Morgan fingerprint density at radius 2 is 1.61 bits per heavy atom. The summed E-state index contributed by atoms with van der Waals surface area (Å²) < 4.78 is 17.7. The molecule has 0 aliphatic heterocycles. The highest BCUT2D eigenvalue weighted by Gasteiger charge is 2.29. The number of hydrogen-bond acceptors (Lipinski definition) is 3. The van der Waals surface area contributed by atoms with E-state index in [1.54, 1.807) is 19.1 Å². The molecule has 2 rings (SSSR count). The van der Waals surface area contributed by atoms with Crippen LogP contribution in [0.3, 0.4) is 0 Å². The number of nitrogens with two attached hydrogens (primary N) is 2. The molecule has 6 nitrogen and oxygen atoms in total. The van der Waals surface area contributed by atoms with Gasteiger partial charge in [-0.1, -0.05) is 53.4 Å². The second-order valence-corrected chi connectivity index (χ2v) is 6.97. The molecule has 0 aliphatic carbocycles. The highest BCUT2D eigenvalue weighted by Crippen LogP contribution is 2.35. The molecular weight excluding hydrogens is 313 g/mol. The molecule has 7 heteroatoms. The van der Waals surface area contributed by atoms with Crippen molar-refractivity contribution in [3.63, 3.8) is 0 Å². The quantitative estimate of drug-likeness (QED) is 0.569. The largest absolute Gasteiger partial charge is 0.397 e. The van der Waals surface area contributed by atoms with Gasteiger partial charge in [-0.05, 0) is 24.6 Å². The second kappa shape index (κ2) is 8.24. The Kier molecular flexibility index (Phi) is 6.33. The molecule has 0 fully saturated rings. The minimum atomic E-state index is -3.58. The fourth-order valence-corrected chi connectivity index (χ4v) is 2.94. The average Bonchev–Trinajstić information content (AvgIpc) is 2.53. The molecular formula is C16H22N3O3P. The molecule has 0 aliphatic rings. The summed E-state index contributed by atoms with van der Waals surface area (Å²) in [4.78, 5) is 6.70. The predicted molar refractivity (Wildman–Crippen MR) is 90.5 cm³/mol. The van der Waals surface area contributed by atoms with Gasteiger partial charge in [-0.25, -0.2) is 0 Å². The van der Waals surface area contributed by atoms with Crippen LogP contribution in [0.25, 0.3) is 0 Å². The Morgan fingerprint density at radius 3 is 2.17 bits per heavy atom. The van der Waals surface area contributed by atoms with Crippen molar-refractivity contribution in [2.24, 2.45) is 11.0 Å². The molecule has 2 aromatic carbocycles. The summed E-state index contributed by atoms with van der Waals surface area (Å²) in [5, 5.41) is 0. The normalized spacial score (nSPS) is 13.0. The van der Waals surface area contributed by atoms with E-state index in [1.165, 1.54) is 0 Å². The molecule has 23 heavy (non-hydrogen) atoms. The lowest BCUT2D eigenvalue weighted by molar-refractivity contribution is -0.0384. The van der Waals surface area contributed by atoms with Crippen molar-refractivity contribution in [2.75, 3.05) is 6.61 Å². The molecule has 2 aromatic rings. The molecule has 124 valence electrons. The highest BCUT2D eigenvalue weighted by atomic mass is 31.2. The molecule has 0 bridgehead atoms. The maximum atomic E-state index is 12.1. The number of nitrogens with zero attached hydrogens (tertiary/aromatic N) is 1. The van der Waals surface area contributed by atoms with Crippen LogP contribution in [0.1, 0.15) is 12.5 Å². The molecule has 0 heterocycles. The Labute approximate surface area is 136 Å². The first-order valence-corrected chi connectivity index (χ1v) is 9.08. The van der Waals surface area contributed by atoms with Crippen LogP contribution < -0.4 is 15.8 Å². The maximum absolute atomic E-state index is 12.1. The standard InChI is InChI=1S/C16H22N3O3P/c1-14(12-21-13-15-8-4-2-5-9-15)19(23(17,18)20)22-16-10-6-3-7-11-16/h2-11,14H,12-13H2,1H3,(H4,17,18,20)/t14-/m1/s1. The van der Waals surface area contributed by atoms with Gasteiger partial charge in [-0.15, -0.1) is 0 Å². The van der Waals surface area contributed by atoms with E-state index in [4.69, 9.17) is 20.6 Å². The van der Waals surface area contributed by atoms with Gasteiger partial charge >= 0.3 is 7.59 Å². The first-order chi connectivity index (χ1) is 11.0. The van der Waals surface area contributed by atoms with Gasteiger partial charge in [0.1, 0.15) is 5.75 Å². The molecule has 0 saturated heterocycles. The van der Waals surface area contributed by atoms with Crippen LogP contribution in [-0.2, 0) is 15.9 Å².